The van der Waals surface area contributed by atoms with E-state index in [4.69, 9.17) is 5.10 Å². The van der Waals surface area contributed by atoms with Crippen LogP contribution in [0.1, 0.15) is 0 Å². The van der Waals surface area contributed by atoms with E-state index in [9.17, 15) is 0 Å². The largest absolute Gasteiger partial charge is 0.309 e. The Bertz CT molecular complexity index is 3560. The number of aromatic nitrogens is 3. The molecule has 0 amide bonds. The minimum absolute atomic E-state index is 0.950. The van der Waals surface area contributed by atoms with Gasteiger partial charge in [0.25, 0.3) is 0 Å². The van der Waals surface area contributed by atoms with Gasteiger partial charge in [0.2, 0.25) is 0 Å². The minimum Gasteiger partial charge on any atom is -0.309 e. The van der Waals surface area contributed by atoms with E-state index in [1.807, 2.05) is 0 Å². The first kappa shape index (κ1) is 34.1. The predicted octanol–water partition coefficient (Wildman–Crippen LogP) is 15.1. The van der Waals surface area contributed by atoms with Crippen LogP contribution in [0.25, 0.3) is 110 Å². The molecule has 0 aliphatic heterocycles. The maximum absolute atomic E-state index is 5.61. The summed E-state index contributed by atoms with van der Waals surface area (Å²) >= 11 is 0. The van der Waals surface area contributed by atoms with Crippen molar-refractivity contribution in [1.29, 1.82) is 0 Å². The third-order valence-electron chi connectivity index (χ3n) is 12.1. The fourth-order valence-corrected chi connectivity index (χ4v) is 9.38. The number of rotatable bonds is 6. The first-order chi connectivity index (χ1) is 29.8. The summed E-state index contributed by atoms with van der Waals surface area (Å²) in [6, 6.07) is 81.1. The van der Waals surface area contributed by atoms with Crippen LogP contribution in [-0.2, 0) is 0 Å². The Balaban J connectivity index is 1.22. The molecule has 12 rings (SSSR count). The van der Waals surface area contributed by atoms with Crippen molar-refractivity contribution in [2.24, 2.45) is 0 Å². The van der Waals surface area contributed by atoms with Crippen LogP contribution in [-0.4, -0.2) is 14.2 Å². The number of hydrogen-bond acceptors (Lipinski definition) is 1. The Hall–Kier alpha value is -8.01. The van der Waals surface area contributed by atoms with E-state index < -0.39 is 0 Å². The van der Waals surface area contributed by atoms with E-state index in [0.717, 1.165) is 49.9 Å². The van der Waals surface area contributed by atoms with Crippen LogP contribution >= 0.6 is 0 Å². The second-order valence-electron chi connectivity index (χ2n) is 15.5. The molecule has 3 heterocycles. The summed E-state index contributed by atoms with van der Waals surface area (Å²) in [6.07, 6.45) is 0. The summed E-state index contributed by atoms with van der Waals surface area (Å²) in [4.78, 5) is 0. The normalized spacial score (nSPS) is 11.7. The standard InChI is InChI=1S/C57H37N3/c1-5-18-39(19-6-1)47-35-44-36-54(41-23-9-3-10-24-41)60-57(49(44)37-48(47)40-20-7-2-8-21-40)55(56(58-60)42-25-11-4-12-26-42)43-32-33-53-50(34-43)46-29-15-16-30-52(46)59(53)51-31-17-27-38-22-13-14-28-45(38)51/h1-37H. The number of benzene rings is 9. The summed E-state index contributed by atoms with van der Waals surface area (Å²) in [5.41, 5.74) is 15.8. The van der Waals surface area contributed by atoms with Gasteiger partial charge in [-0.2, -0.15) is 5.10 Å². The van der Waals surface area contributed by atoms with E-state index in [1.165, 1.54) is 60.5 Å². The highest BCUT2D eigenvalue weighted by atomic mass is 15.2. The van der Waals surface area contributed by atoms with Gasteiger partial charge in [0.1, 0.15) is 5.69 Å². The Morgan fingerprint density at radius 1 is 0.333 bits per heavy atom. The zero-order chi connectivity index (χ0) is 39.6. The smallest absolute Gasteiger partial charge is 0.101 e. The Labute approximate surface area is 347 Å². The summed E-state index contributed by atoms with van der Waals surface area (Å²) in [7, 11) is 0. The molecule has 0 fully saturated rings. The summed E-state index contributed by atoms with van der Waals surface area (Å²) < 4.78 is 4.64. The number of nitrogens with zero attached hydrogens (tertiary/aromatic N) is 3. The van der Waals surface area contributed by atoms with E-state index >= 15 is 0 Å². The van der Waals surface area contributed by atoms with E-state index in [1.54, 1.807) is 0 Å². The van der Waals surface area contributed by atoms with Gasteiger partial charge in [0.15, 0.2) is 0 Å². The SMILES string of the molecule is c1ccc(-c2cc3cc(-c4ccccc4)n4nc(-c5ccccc5)c(-c5ccc6c(c5)c5ccccc5n6-c5cccc6ccccc56)c4c3cc2-c2ccccc2)cc1. The lowest BCUT2D eigenvalue weighted by molar-refractivity contribution is 0.979. The quantitative estimate of drug-likeness (QED) is 0.165. The molecular formula is C57H37N3. The van der Waals surface area contributed by atoms with Crippen molar-refractivity contribution in [1.82, 2.24) is 14.2 Å². The molecule has 12 aromatic rings. The molecule has 9 aromatic carbocycles. The number of hydrogen-bond donors (Lipinski definition) is 0. The van der Waals surface area contributed by atoms with Gasteiger partial charge in [-0.05, 0) is 81.1 Å². The van der Waals surface area contributed by atoms with Crippen LogP contribution < -0.4 is 0 Å². The maximum Gasteiger partial charge on any atom is 0.101 e. The summed E-state index contributed by atoms with van der Waals surface area (Å²) in [6.45, 7) is 0. The fourth-order valence-electron chi connectivity index (χ4n) is 9.38. The van der Waals surface area contributed by atoms with Crippen LogP contribution in [0.5, 0.6) is 0 Å². The predicted molar refractivity (Wildman–Crippen MR) is 252 cm³/mol. The van der Waals surface area contributed by atoms with Gasteiger partial charge in [0.05, 0.1) is 27.9 Å². The van der Waals surface area contributed by atoms with Gasteiger partial charge in [-0.3, -0.25) is 0 Å². The van der Waals surface area contributed by atoms with Crippen LogP contribution in [0, 0.1) is 0 Å². The zero-order valence-corrected chi connectivity index (χ0v) is 32.7. The lowest BCUT2D eigenvalue weighted by atomic mass is 9.89. The van der Waals surface area contributed by atoms with Crippen molar-refractivity contribution in [3.63, 3.8) is 0 Å². The zero-order valence-electron chi connectivity index (χ0n) is 32.7. The first-order valence-corrected chi connectivity index (χ1v) is 20.6. The Morgan fingerprint density at radius 2 is 0.900 bits per heavy atom. The van der Waals surface area contributed by atoms with Crippen molar-refractivity contribution in [3.05, 3.63) is 224 Å². The lowest BCUT2D eigenvalue weighted by Crippen LogP contribution is -1.97. The third kappa shape index (κ3) is 5.40. The van der Waals surface area contributed by atoms with Gasteiger partial charge in [-0.25, -0.2) is 4.52 Å². The average molecular weight is 764 g/mol. The molecule has 0 N–H and O–H groups in total. The molecule has 0 radical (unpaired) electrons. The third-order valence-corrected chi connectivity index (χ3v) is 12.1. The fraction of sp³-hybridized carbons (Fsp3) is 0. The molecule has 0 atom stereocenters. The van der Waals surface area contributed by atoms with Gasteiger partial charge in [-0.15, -0.1) is 0 Å². The molecule has 0 bridgehead atoms. The highest BCUT2D eigenvalue weighted by molar-refractivity contribution is 6.15. The molecule has 0 aliphatic carbocycles. The minimum atomic E-state index is 0.950. The molecule has 3 heteroatoms. The topological polar surface area (TPSA) is 22.2 Å². The molecule has 60 heavy (non-hydrogen) atoms. The van der Waals surface area contributed by atoms with Crippen LogP contribution in [0.3, 0.4) is 0 Å². The van der Waals surface area contributed by atoms with Gasteiger partial charge in [-0.1, -0.05) is 182 Å². The second kappa shape index (κ2) is 13.8. The van der Waals surface area contributed by atoms with Crippen LogP contribution in [0.2, 0.25) is 0 Å². The molecule has 0 spiro atoms. The molecular weight excluding hydrogens is 727 g/mol. The molecule has 0 aliphatic rings. The van der Waals surface area contributed by atoms with Crippen molar-refractivity contribution in [3.8, 4) is 61.6 Å². The molecule has 3 nitrogen and oxygen atoms in total. The maximum atomic E-state index is 5.61. The van der Waals surface area contributed by atoms with Crippen LogP contribution in [0.4, 0.5) is 0 Å². The molecule has 280 valence electrons. The van der Waals surface area contributed by atoms with E-state index in [-0.39, 0.29) is 0 Å². The van der Waals surface area contributed by atoms with Crippen molar-refractivity contribution < 1.29 is 0 Å². The number of fused-ring (bicyclic) bond motifs is 7. The number of pyridine rings is 1. The highest BCUT2D eigenvalue weighted by Crippen LogP contribution is 2.46. The van der Waals surface area contributed by atoms with Crippen molar-refractivity contribution in [2.75, 3.05) is 0 Å². The monoisotopic (exact) mass is 763 g/mol. The summed E-state index contributed by atoms with van der Waals surface area (Å²) in [5.74, 6) is 0. The van der Waals surface area contributed by atoms with E-state index in [0.29, 0.717) is 0 Å². The van der Waals surface area contributed by atoms with Gasteiger partial charge >= 0.3 is 0 Å². The Kier molecular flexibility index (Phi) is 7.85. The first-order valence-electron chi connectivity index (χ1n) is 20.6. The van der Waals surface area contributed by atoms with Gasteiger partial charge < -0.3 is 4.57 Å². The van der Waals surface area contributed by atoms with Crippen LogP contribution in [0.15, 0.2) is 224 Å². The molecule has 0 saturated carbocycles. The molecule has 0 saturated heterocycles. The molecule has 3 aromatic heterocycles. The summed E-state index contributed by atoms with van der Waals surface area (Å²) in [5, 5.41) is 12.8. The highest BCUT2D eigenvalue weighted by Gasteiger charge is 2.24. The van der Waals surface area contributed by atoms with Crippen molar-refractivity contribution in [2.45, 2.75) is 0 Å². The van der Waals surface area contributed by atoms with Gasteiger partial charge in [0, 0.05) is 38.2 Å². The lowest BCUT2D eigenvalue weighted by Gasteiger charge is -2.16. The van der Waals surface area contributed by atoms with E-state index in [2.05, 4.69) is 234 Å². The molecule has 0 unspecified atom stereocenters. The second-order valence-corrected chi connectivity index (χ2v) is 15.5. The van der Waals surface area contributed by atoms with Crippen molar-refractivity contribution >= 4 is 48.9 Å². The number of para-hydroxylation sites is 1. The average Bonchev–Trinajstić information content (AvgIpc) is 3.89. The Morgan fingerprint density at radius 3 is 1.62 bits per heavy atom.